The molecule has 1 aromatic heterocycles. The van der Waals surface area contributed by atoms with E-state index in [9.17, 15) is 52.5 Å². The fraction of sp³-hybridized carbons (Fsp3) is 0.269. The van der Waals surface area contributed by atoms with E-state index in [2.05, 4.69) is 9.44 Å². The summed E-state index contributed by atoms with van der Waals surface area (Å²) >= 11 is -1.56. The van der Waals surface area contributed by atoms with E-state index in [1.54, 1.807) is 53.1 Å². The molecule has 0 saturated carbocycles. The van der Waals surface area contributed by atoms with Crippen LogP contribution in [0.15, 0.2) is 75.6 Å². The first-order valence-corrected chi connectivity index (χ1v) is 14.6. The Morgan fingerprint density at radius 2 is 1.49 bits per heavy atom. The van der Waals surface area contributed by atoms with E-state index < -0.39 is 44.6 Å². The molecule has 17 heteroatoms. The van der Waals surface area contributed by atoms with E-state index in [1.165, 1.54) is 12.1 Å². The van der Waals surface area contributed by atoms with Crippen LogP contribution in [0.25, 0.3) is 21.8 Å². The molecule has 1 unspecified atom stereocenters. The molecule has 3 aromatic carbocycles. The average Bonchev–Trinajstić information content (AvgIpc) is 3.26. The Morgan fingerprint density at radius 3 is 2.12 bits per heavy atom. The van der Waals surface area contributed by atoms with Gasteiger partial charge >= 0.3 is 33.4 Å². The Kier molecular flexibility index (Phi) is 7.25. The molecule has 6 nitrogen and oxygen atoms in total. The SMILES string of the molecule is Cc1ccc([S+]([O-])c2ccc3c(c2)c2cccc4c2n3CC/C4=N\OS(=O)(=O)C(F)(F)C(F)(F)C(F)(F)C(F)(F)F)cc1. The minimum atomic E-state index is -7.44. The van der Waals surface area contributed by atoms with Crippen LogP contribution >= 0.6 is 0 Å². The van der Waals surface area contributed by atoms with Crippen LogP contribution in [-0.4, -0.2) is 46.5 Å². The van der Waals surface area contributed by atoms with E-state index in [-0.39, 0.29) is 24.2 Å². The van der Waals surface area contributed by atoms with Crippen molar-refractivity contribution in [2.75, 3.05) is 0 Å². The van der Waals surface area contributed by atoms with Crippen LogP contribution in [0.1, 0.15) is 17.5 Å². The minimum Gasteiger partial charge on any atom is -0.606 e. The molecule has 230 valence electrons. The number of aryl methyl sites for hydroxylation is 2. The summed E-state index contributed by atoms with van der Waals surface area (Å²) in [6, 6.07) is 16.5. The largest absolute Gasteiger partial charge is 0.606 e. The van der Waals surface area contributed by atoms with Gasteiger partial charge in [-0.3, -0.25) is 4.28 Å². The molecule has 0 bridgehead atoms. The van der Waals surface area contributed by atoms with Gasteiger partial charge in [-0.25, -0.2) is 0 Å². The zero-order valence-electron chi connectivity index (χ0n) is 21.4. The molecule has 0 amide bonds. The van der Waals surface area contributed by atoms with Gasteiger partial charge in [-0.2, -0.15) is 47.9 Å². The van der Waals surface area contributed by atoms with Crippen molar-refractivity contribution >= 4 is 48.8 Å². The quantitative estimate of drug-likeness (QED) is 0.120. The second-order valence-electron chi connectivity index (χ2n) is 9.59. The Bertz CT molecular complexity index is 1870. The van der Waals surface area contributed by atoms with Crippen molar-refractivity contribution in [3.8, 4) is 0 Å². The zero-order valence-corrected chi connectivity index (χ0v) is 23.1. The number of alkyl halides is 9. The van der Waals surface area contributed by atoms with Crippen molar-refractivity contribution in [1.29, 1.82) is 0 Å². The van der Waals surface area contributed by atoms with Gasteiger partial charge in [-0.1, -0.05) is 41.1 Å². The Labute approximate surface area is 240 Å². The summed E-state index contributed by atoms with van der Waals surface area (Å²) in [5, 5.41) is -2.91. The maximum atomic E-state index is 14.1. The first-order chi connectivity index (χ1) is 19.8. The molecule has 2 heterocycles. The molecule has 0 fully saturated rings. The summed E-state index contributed by atoms with van der Waals surface area (Å²) in [7, 11) is -7.17. The molecule has 1 atom stereocenters. The molecular formula is C26H17F9N2O4S2. The Balaban J connectivity index is 1.53. The number of aromatic nitrogens is 1. The predicted molar refractivity (Wildman–Crippen MR) is 137 cm³/mol. The lowest BCUT2D eigenvalue weighted by molar-refractivity contribution is -0.382. The molecule has 1 aliphatic heterocycles. The third-order valence-corrected chi connectivity index (χ3v) is 9.40. The molecular weight excluding hydrogens is 639 g/mol. The lowest BCUT2D eigenvalue weighted by Crippen LogP contribution is -2.63. The number of benzene rings is 3. The lowest BCUT2D eigenvalue weighted by Gasteiger charge is -2.31. The van der Waals surface area contributed by atoms with Gasteiger partial charge in [-0.05, 0) is 31.2 Å². The van der Waals surface area contributed by atoms with Crippen molar-refractivity contribution < 1.29 is 56.8 Å². The molecule has 5 rings (SSSR count). The topological polar surface area (TPSA) is 83.7 Å². The van der Waals surface area contributed by atoms with E-state index in [1.807, 2.05) is 6.92 Å². The van der Waals surface area contributed by atoms with Crippen LogP contribution in [0.3, 0.4) is 0 Å². The molecule has 0 saturated heterocycles. The minimum absolute atomic E-state index is 0.0261. The van der Waals surface area contributed by atoms with Gasteiger partial charge in [-0.15, -0.1) is 0 Å². The molecule has 0 spiro atoms. The van der Waals surface area contributed by atoms with Gasteiger partial charge in [0.1, 0.15) is 0 Å². The first-order valence-electron chi connectivity index (χ1n) is 12.1. The molecule has 0 radical (unpaired) electrons. The first kappa shape index (κ1) is 31.0. The smallest absolute Gasteiger partial charge is 0.460 e. The lowest BCUT2D eigenvalue weighted by atomic mass is 10.0. The molecule has 0 N–H and O–H groups in total. The molecule has 1 aliphatic rings. The summed E-state index contributed by atoms with van der Waals surface area (Å²) < 4.78 is 162. The number of para-hydroxylation sites is 1. The summed E-state index contributed by atoms with van der Waals surface area (Å²) in [5.74, 6) is -14.9. The van der Waals surface area contributed by atoms with Crippen molar-refractivity contribution in [2.45, 2.75) is 53.0 Å². The van der Waals surface area contributed by atoms with Crippen LogP contribution in [0.5, 0.6) is 0 Å². The van der Waals surface area contributed by atoms with E-state index in [0.717, 1.165) is 5.56 Å². The highest BCUT2D eigenvalue weighted by Crippen LogP contribution is 2.55. The summed E-state index contributed by atoms with van der Waals surface area (Å²) in [6.07, 6.45) is -7.44. The van der Waals surface area contributed by atoms with E-state index >= 15 is 0 Å². The standard InChI is InChI=1S/C26H17F9N2O4S2/c1-14-5-7-15(8-6-14)42(38)16-9-10-21-19(13-16)17-3-2-4-18-20(11-12-37(21)22(17)18)36-41-43(39,40)26(34,35)24(29,30)23(27,28)25(31,32)33/h2-10,13H,11-12H2,1H3/b36-20+. The second kappa shape index (κ2) is 10.1. The highest BCUT2D eigenvalue weighted by Gasteiger charge is 2.86. The number of hydrogen-bond acceptors (Lipinski definition) is 5. The van der Waals surface area contributed by atoms with E-state index in [0.29, 0.717) is 31.6 Å². The molecule has 43 heavy (non-hydrogen) atoms. The normalized spacial score (nSPS) is 16.7. The van der Waals surface area contributed by atoms with Gasteiger partial charge in [0.05, 0.1) is 11.2 Å². The van der Waals surface area contributed by atoms with Crippen molar-refractivity contribution in [2.24, 2.45) is 5.16 Å². The van der Waals surface area contributed by atoms with Gasteiger partial charge in [0.15, 0.2) is 9.79 Å². The maximum absolute atomic E-state index is 14.1. The van der Waals surface area contributed by atoms with Crippen molar-refractivity contribution in [3.05, 3.63) is 71.8 Å². The third kappa shape index (κ3) is 4.71. The highest BCUT2D eigenvalue weighted by atomic mass is 32.2. The summed E-state index contributed by atoms with van der Waals surface area (Å²) in [6.45, 7) is 1.90. The number of fused-ring (bicyclic) bond motifs is 3. The average molecular weight is 657 g/mol. The summed E-state index contributed by atoms with van der Waals surface area (Å²) in [5.41, 5.74) is 1.69. The van der Waals surface area contributed by atoms with Crippen LogP contribution in [-0.2, 0) is 32.1 Å². The van der Waals surface area contributed by atoms with Crippen LogP contribution in [0.4, 0.5) is 39.5 Å². The molecule has 0 aliphatic carbocycles. The van der Waals surface area contributed by atoms with E-state index in [4.69, 9.17) is 0 Å². The predicted octanol–water partition coefficient (Wildman–Crippen LogP) is 7.15. The third-order valence-electron chi connectivity index (χ3n) is 6.86. The van der Waals surface area contributed by atoms with Crippen LogP contribution in [0, 0.1) is 6.92 Å². The number of hydrogen-bond donors (Lipinski definition) is 0. The van der Waals surface area contributed by atoms with Gasteiger partial charge in [0.25, 0.3) is 0 Å². The van der Waals surface area contributed by atoms with Gasteiger partial charge in [0, 0.05) is 52.1 Å². The summed E-state index contributed by atoms with van der Waals surface area (Å²) in [4.78, 5) is 0.990. The Hall–Kier alpha value is -3.44. The second-order valence-corrected chi connectivity index (χ2v) is 12.6. The number of halogens is 9. The van der Waals surface area contributed by atoms with Gasteiger partial charge < -0.3 is 9.12 Å². The fourth-order valence-corrected chi connectivity index (χ4v) is 6.42. The highest BCUT2D eigenvalue weighted by molar-refractivity contribution is 7.91. The number of rotatable bonds is 7. The maximum Gasteiger partial charge on any atom is 0.460 e. The fourth-order valence-electron chi connectivity index (χ4n) is 4.62. The monoisotopic (exact) mass is 656 g/mol. The number of nitrogens with zero attached hydrogens (tertiary/aromatic N) is 2. The van der Waals surface area contributed by atoms with Crippen LogP contribution in [0.2, 0.25) is 0 Å². The molecule has 4 aromatic rings. The van der Waals surface area contributed by atoms with Crippen molar-refractivity contribution in [3.63, 3.8) is 0 Å². The zero-order chi connectivity index (χ0) is 31.8. The van der Waals surface area contributed by atoms with Crippen LogP contribution < -0.4 is 0 Å². The number of oxime groups is 1. The van der Waals surface area contributed by atoms with Crippen molar-refractivity contribution in [1.82, 2.24) is 4.57 Å². The Morgan fingerprint density at radius 1 is 0.860 bits per heavy atom. The van der Waals surface area contributed by atoms with Gasteiger partial charge in [0.2, 0.25) is 0 Å².